The Hall–Kier alpha value is -1.35. The number of ether oxygens (including phenoxy) is 1. The van der Waals surface area contributed by atoms with E-state index in [9.17, 15) is 0 Å². The van der Waals surface area contributed by atoms with E-state index in [4.69, 9.17) is 11.8 Å². The summed E-state index contributed by atoms with van der Waals surface area (Å²) in [7, 11) is 0. The van der Waals surface area contributed by atoms with E-state index in [0.717, 1.165) is 5.56 Å². The molecule has 1 aliphatic rings. The third kappa shape index (κ3) is 1.63. The highest BCUT2D eigenvalue weighted by atomic mass is 16.5. The van der Waals surface area contributed by atoms with Crippen molar-refractivity contribution in [1.29, 1.82) is 0 Å². The molecule has 0 spiro atoms. The molecule has 1 aromatic rings. The summed E-state index contributed by atoms with van der Waals surface area (Å²) in [6, 6.07) is 7.57. The molecule has 1 unspecified atom stereocenters. The van der Waals surface area contributed by atoms with Crippen LogP contribution in [0.2, 0.25) is 0 Å². The minimum absolute atomic E-state index is 0.283. The highest BCUT2D eigenvalue weighted by Crippen LogP contribution is 2.28. The highest BCUT2D eigenvalue weighted by molar-refractivity contribution is 5.61. The van der Waals surface area contributed by atoms with Crippen LogP contribution in [0.5, 0.6) is 0 Å². The molecular weight excluding hydrogens is 176 g/mol. The van der Waals surface area contributed by atoms with Gasteiger partial charge in [0.2, 0.25) is 0 Å². The van der Waals surface area contributed by atoms with Crippen molar-refractivity contribution in [2.75, 3.05) is 18.9 Å². The molecule has 2 N–H and O–H groups in total. The van der Waals surface area contributed by atoms with Gasteiger partial charge >= 0.3 is 0 Å². The van der Waals surface area contributed by atoms with E-state index in [1.165, 1.54) is 0 Å². The van der Waals surface area contributed by atoms with E-state index >= 15 is 0 Å². The van der Waals surface area contributed by atoms with Crippen LogP contribution in [0.3, 0.4) is 0 Å². The second-order valence-corrected chi connectivity index (χ2v) is 3.66. The minimum Gasteiger partial charge on any atom is -0.399 e. The molecule has 14 heavy (non-hydrogen) atoms. The fraction of sp³-hybridized carbons (Fsp3) is 0.364. The van der Waals surface area contributed by atoms with Gasteiger partial charge in [-0.3, -0.25) is 4.99 Å². The van der Waals surface area contributed by atoms with Gasteiger partial charge in [-0.15, -0.1) is 0 Å². The van der Waals surface area contributed by atoms with Crippen LogP contribution < -0.4 is 5.73 Å². The van der Waals surface area contributed by atoms with E-state index in [1.54, 1.807) is 0 Å². The Morgan fingerprint density at radius 1 is 1.64 bits per heavy atom. The first-order valence-electron chi connectivity index (χ1n) is 5.09. The Morgan fingerprint density at radius 2 is 2.50 bits per heavy atom. The van der Waals surface area contributed by atoms with E-state index in [1.807, 2.05) is 31.2 Å². The lowest BCUT2D eigenvalue weighted by atomic mass is 9.93. The van der Waals surface area contributed by atoms with Gasteiger partial charge in [0.05, 0.1) is 14.6 Å². The molecule has 2 rings (SSSR count). The molecule has 1 aromatic carbocycles. The predicted octanol–water partition coefficient (Wildman–Crippen LogP) is 1.58. The first-order valence-corrected chi connectivity index (χ1v) is 4.59. The molecule has 1 aliphatic heterocycles. The number of nitrogen functional groups attached to an aromatic ring is 1. The molecule has 0 aromatic heterocycles. The summed E-state index contributed by atoms with van der Waals surface area (Å²) in [5.74, 6) is 0. The zero-order chi connectivity index (χ0) is 10.9. The average molecular weight is 191 g/mol. The smallest absolute Gasteiger partial charge is 0.106 e. The summed E-state index contributed by atoms with van der Waals surface area (Å²) >= 11 is 0. The van der Waals surface area contributed by atoms with Crippen LogP contribution in [-0.2, 0) is 10.3 Å². The molecule has 0 amide bonds. The number of anilines is 1. The number of hydrogen-bond acceptors (Lipinski definition) is 3. The Balaban J connectivity index is 2.41. The minimum atomic E-state index is -0.468. The monoisotopic (exact) mass is 191 g/mol. The zero-order valence-corrected chi connectivity index (χ0v) is 8.16. The molecule has 3 heteroatoms. The average Bonchev–Trinajstić information content (AvgIpc) is 2.17. The van der Waals surface area contributed by atoms with Gasteiger partial charge in [-0.2, -0.15) is 0 Å². The van der Waals surface area contributed by atoms with Crippen LogP contribution in [0.4, 0.5) is 5.69 Å². The maximum absolute atomic E-state index is 7.52. The van der Waals surface area contributed by atoms with Gasteiger partial charge in [-0.25, -0.2) is 0 Å². The fourth-order valence-corrected chi connectivity index (χ4v) is 1.56. The van der Waals surface area contributed by atoms with Crippen LogP contribution in [-0.4, -0.2) is 19.4 Å². The first kappa shape index (κ1) is 8.00. The van der Waals surface area contributed by atoms with Crippen LogP contribution in [0.25, 0.3) is 0 Å². The van der Waals surface area contributed by atoms with E-state index < -0.39 is 5.54 Å². The van der Waals surface area contributed by atoms with Gasteiger partial charge in [-0.1, -0.05) is 12.1 Å². The molecule has 0 bridgehead atoms. The number of rotatable bonds is 1. The lowest BCUT2D eigenvalue weighted by Gasteiger charge is -2.28. The van der Waals surface area contributed by atoms with Crippen LogP contribution >= 0.6 is 0 Å². The Morgan fingerprint density at radius 3 is 3.21 bits per heavy atom. The van der Waals surface area contributed by atoms with Gasteiger partial charge < -0.3 is 10.5 Å². The quantitative estimate of drug-likeness (QED) is 0.685. The lowest BCUT2D eigenvalue weighted by Crippen LogP contribution is -2.30. The van der Waals surface area contributed by atoms with Crippen molar-refractivity contribution in [3.05, 3.63) is 29.8 Å². The van der Waals surface area contributed by atoms with Gasteiger partial charge in [0.15, 0.2) is 0 Å². The van der Waals surface area contributed by atoms with E-state index in [2.05, 4.69) is 4.99 Å². The van der Waals surface area contributed by atoms with Crippen LogP contribution in [0, 0.1) is 0 Å². The molecule has 0 radical (unpaired) electrons. The SMILES string of the molecule is [2H]C1=NC(C)(c2cccc(N)c2)COC1. The molecule has 1 heterocycles. The topological polar surface area (TPSA) is 47.6 Å². The summed E-state index contributed by atoms with van der Waals surface area (Å²) < 4.78 is 12.9. The summed E-state index contributed by atoms with van der Waals surface area (Å²) in [6.45, 7) is 2.76. The number of aliphatic imine (C=N–C) groups is 1. The second kappa shape index (κ2) is 3.42. The van der Waals surface area contributed by atoms with Crippen molar-refractivity contribution in [2.24, 2.45) is 4.99 Å². The number of hydrogen-bond donors (Lipinski definition) is 1. The zero-order valence-electron chi connectivity index (χ0n) is 9.16. The number of nitrogens with two attached hydrogens (primary N) is 1. The van der Waals surface area contributed by atoms with Crippen molar-refractivity contribution in [1.82, 2.24) is 0 Å². The molecule has 74 valence electrons. The first-order chi connectivity index (χ1) is 7.10. The van der Waals surface area contributed by atoms with Gasteiger partial charge in [0.1, 0.15) is 5.54 Å². The molecule has 0 saturated carbocycles. The highest BCUT2D eigenvalue weighted by Gasteiger charge is 2.27. The van der Waals surface area contributed by atoms with Gasteiger partial charge in [0, 0.05) is 11.9 Å². The van der Waals surface area contributed by atoms with Crippen LogP contribution in [0.1, 0.15) is 13.9 Å². The normalized spacial score (nSPS) is 28.1. The van der Waals surface area contributed by atoms with Crippen LogP contribution in [0.15, 0.2) is 29.3 Å². The Kier molecular flexibility index (Phi) is 1.96. The lowest BCUT2D eigenvalue weighted by molar-refractivity contribution is 0.110. The Labute approximate surface area is 85.0 Å². The largest absolute Gasteiger partial charge is 0.399 e. The van der Waals surface area contributed by atoms with Gasteiger partial charge in [-0.05, 0) is 24.6 Å². The van der Waals surface area contributed by atoms with E-state index in [-0.39, 0.29) is 6.19 Å². The molecule has 1 atom stereocenters. The summed E-state index contributed by atoms with van der Waals surface area (Å²) in [5, 5.41) is 0. The number of nitrogens with zero attached hydrogens (tertiary/aromatic N) is 1. The third-order valence-corrected chi connectivity index (χ3v) is 2.38. The maximum Gasteiger partial charge on any atom is 0.106 e. The number of benzene rings is 1. The molecule has 0 saturated heterocycles. The van der Waals surface area contributed by atoms with Crippen molar-refractivity contribution in [2.45, 2.75) is 12.5 Å². The summed E-state index contributed by atoms with van der Waals surface area (Å²) in [6.07, 6.45) is 0.283. The summed E-state index contributed by atoms with van der Waals surface area (Å²) in [5.41, 5.74) is 6.96. The van der Waals surface area contributed by atoms with Gasteiger partial charge in [0.25, 0.3) is 0 Å². The predicted molar refractivity (Wildman–Crippen MR) is 57.5 cm³/mol. The van der Waals surface area contributed by atoms with Crippen molar-refractivity contribution in [3.8, 4) is 0 Å². The second-order valence-electron chi connectivity index (χ2n) is 3.66. The van der Waals surface area contributed by atoms with Crippen molar-refractivity contribution < 1.29 is 6.11 Å². The third-order valence-electron chi connectivity index (χ3n) is 2.38. The fourth-order valence-electron chi connectivity index (χ4n) is 1.56. The summed E-state index contributed by atoms with van der Waals surface area (Å²) in [4.78, 5) is 4.33. The molecule has 3 nitrogen and oxygen atoms in total. The van der Waals surface area contributed by atoms with Crippen molar-refractivity contribution in [3.63, 3.8) is 0 Å². The van der Waals surface area contributed by atoms with Crippen molar-refractivity contribution >= 4 is 11.9 Å². The molecule has 0 aliphatic carbocycles. The standard InChI is InChI=1S/C11H14N2O/c1-11(8-14-6-5-13-11)9-3-2-4-10(12)7-9/h2-5,7H,6,8,12H2,1H3/i5D. The maximum atomic E-state index is 7.52. The Bertz CT molecular complexity index is 405. The molecule has 0 fully saturated rings. The molecular formula is C11H14N2O. The van der Waals surface area contributed by atoms with E-state index in [0.29, 0.717) is 18.9 Å².